The van der Waals surface area contributed by atoms with Crippen LogP contribution in [0.1, 0.15) is 52.4 Å². The van der Waals surface area contributed by atoms with Gasteiger partial charge in [-0.3, -0.25) is 14.9 Å². The standard InChI is InChI=1S/C14H27N3O2/c1-3-14(2,13(15)19)16-11-12(18)17-9-7-5-4-6-8-10-17/h16H,3-11H2,1-2H3,(H2,15,19). The van der Waals surface area contributed by atoms with Gasteiger partial charge in [0.2, 0.25) is 11.8 Å². The molecule has 1 fully saturated rings. The number of rotatable bonds is 5. The van der Waals surface area contributed by atoms with Crippen molar-refractivity contribution in [1.29, 1.82) is 0 Å². The van der Waals surface area contributed by atoms with Crippen molar-refractivity contribution in [2.75, 3.05) is 19.6 Å². The van der Waals surface area contributed by atoms with Crippen LogP contribution < -0.4 is 11.1 Å². The molecule has 1 rings (SSSR count). The van der Waals surface area contributed by atoms with Gasteiger partial charge in [0.05, 0.1) is 12.1 Å². The van der Waals surface area contributed by atoms with Gasteiger partial charge in [0.15, 0.2) is 0 Å². The number of nitrogens with zero attached hydrogens (tertiary/aromatic N) is 1. The quantitative estimate of drug-likeness (QED) is 0.782. The average molecular weight is 269 g/mol. The SMILES string of the molecule is CCC(C)(NCC(=O)N1CCCCCCC1)C(N)=O. The van der Waals surface area contributed by atoms with Crippen molar-refractivity contribution in [3.63, 3.8) is 0 Å². The average Bonchev–Trinajstić information content (AvgIpc) is 2.35. The van der Waals surface area contributed by atoms with Crippen LogP contribution in [0, 0.1) is 0 Å². The van der Waals surface area contributed by atoms with Gasteiger partial charge in [-0.15, -0.1) is 0 Å². The van der Waals surface area contributed by atoms with E-state index < -0.39 is 11.4 Å². The molecule has 5 nitrogen and oxygen atoms in total. The summed E-state index contributed by atoms with van der Waals surface area (Å²) < 4.78 is 0. The summed E-state index contributed by atoms with van der Waals surface area (Å²) in [6, 6.07) is 0. The lowest BCUT2D eigenvalue weighted by Gasteiger charge is -2.29. The molecule has 0 aromatic rings. The van der Waals surface area contributed by atoms with E-state index in [-0.39, 0.29) is 12.5 Å². The highest BCUT2D eigenvalue weighted by atomic mass is 16.2. The lowest BCUT2D eigenvalue weighted by molar-refractivity contribution is -0.131. The molecule has 0 aromatic heterocycles. The zero-order chi connectivity index (χ0) is 14.3. The molecule has 0 saturated carbocycles. The summed E-state index contributed by atoms with van der Waals surface area (Å²) in [6.45, 7) is 5.49. The first kappa shape index (κ1) is 16.0. The van der Waals surface area contributed by atoms with Gasteiger partial charge in [-0.1, -0.05) is 26.2 Å². The smallest absolute Gasteiger partial charge is 0.237 e. The number of hydrogen-bond donors (Lipinski definition) is 2. The summed E-state index contributed by atoms with van der Waals surface area (Å²) in [4.78, 5) is 25.4. The number of amides is 2. The van der Waals surface area contributed by atoms with Crippen LogP contribution in [-0.2, 0) is 9.59 Å². The molecule has 5 heteroatoms. The third kappa shape index (κ3) is 4.82. The van der Waals surface area contributed by atoms with Crippen LogP contribution in [0.2, 0.25) is 0 Å². The minimum Gasteiger partial charge on any atom is -0.368 e. The van der Waals surface area contributed by atoms with Gasteiger partial charge in [-0.25, -0.2) is 0 Å². The lowest BCUT2D eigenvalue weighted by Crippen LogP contribution is -2.55. The first-order valence-corrected chi connectivity index (χ1v) is 7.32. The third-order valence-electron chi connectivity index (χ3n) is 4.09. The van der Waals surface area contributed by atoms with E-state index in [1.807, 2.05) is 11.8 Å². The van der Waals surface area contributed by atoms with Crippen molar-refractivity contribution in [2.24, 2.45) is 5.73 Å². The summed E-state index contributed by atoms with van der Waals surface area (Å²) in [5.74, 6) is -0.335. The second-order valence-electron chi connectivity index (χ2n) is 5.55. The Morgan fingerprint density at radius 2 is 1.68 bits per heavy atom. The number of carbonyl (C=O) groups excluding carboxylic acids is 2. The number of hydrogen-bond acceptors (Lipinski definition) is 3. The maximum absolute atomic E-state index is 12.2. The van der Waals surface area contributed by atoms with Gasteiger partial charge in [-0.2, -0.15) is 0 Å². The van der Waals surface area contributed by atoms with Crippen LogP contribution in [-0.4, -0.2) is 41.9 Å². The predicted molar refractivity (Wildman–Crippen MR) is 75.6 cm³/mol. The van der Waals surface area contributed by atoms with E-state index in [9.17, 15) is 9.59 Å². The van der Waals surface area contributed by atoms with Gasteiger partial charge in [0, 0.05) is 13.1 Å². The fraction of sp³-hybridized carbons (Fsp3) is 0.857. The van der Waals surface area contributed by atoms with Crippen LogP contribution >= 0.6 is 0 Å². The van der Waals surface area contributed by atoms with Gasteiger partial charge < -0.3 is 10.6 Å². The first-order chi connectivity index (χ1) is 8.99. The molecule has 0 aromatic carbocycles. The molecule has 1 saturated heterocycles. The molecule has 1 aliphatic heterocycles. The van der Waals surface area contributed by atoms with Gasteiger partial charge >= 0.3 is 0 Å². The van der Waals surface area contributed by atoms with E-state index in [0.717, 1.165) is 25.9 Å². The largest absolute Gasteiger partial charge is 0.368 e. The van der Waals surface area contributed by atoms with E-state index in [0.29, 0.717) is 6.42 Å². The number of likely N-dealkylation sites (tertiary alicyclic amines) is 1. The molecule has 0 spiro atoms. The minimum atomic E-state index is -0.793. The maximum Gasteiger partial charge on any atom is 0.237 e. The summed E-state index contributed by atoms with van der Waals surface area (Å²) in [5, 5.41) is 3.01. The number of nitrogens with two attached hydrogens (primary N) is 1. The van der Waals surface area contributed by atoms with Gasteiger partial charge in [0.25, 0.3) is 0 Å². The third-order valence-corrected chi connectivity index (χ3v) is 4.09. The van der Waals surface area contributed by atoms with E-state index in [2.05, 4.69) is 5.32 Å². The topological polar surface area (TPSA) is 75.4 Å². The van der Waals surface area contributed by atoms with Gasteiger partial charge in [-0.05, 0) is 26.2 Å². The molecular formula is C14H27N3O2. The molecule has 0 aliphatic carbocycles. The van der Waals surface area contributed by atoms with Gasteiger partial charge in [0.1, 0.15) is 0 Å². The zero-order valence-electron chi connectivity index (χ0n) is 12.2. The molecule has 19 heavy (non-hydrogen) atoms. The van der Waals surface area contributed by atoms with E-state index in [4.69, 9.17) is 5.73 Å². The molecule has 1 atom stereocenters. The van der Waals surface area contributed by atoms with Crippen molar-refractivity contribution in [2.45, 2.75) is 57.9 Å². The Balaban J connectivity index is 2.46. The maximum atomic E-state index is 12.2. The Kier molecular flexibility index (Phi) is 6.28. The highest BCUT2D eigenvalue weighted by Gasteiger charge is 2.29. The number of primary amides is 1. The minimum absolute atomic E-state index is 0.0721. The monoisotopic (exact) mass is 269 g/mol. The molecule has 1 unspecified atom stereocenters. The Labute approximate surface area is 115 Å². The Hall–Kier alpha value is -1.10. The molecule has 0 bridgehead atoms. The number of carbonyl (C=O) groups is 2. The summed E-state index contributed by atoms with van der Waals surface area (Å²) >= 11 is 0. The van der Waals surface area contributed by atoms with Crippen LogP contribution in [0.25, 0.3) is 0 Å². The van der Waals surface area contributed by atoms with Crippen molar-refractivity contribution >= 4 is 11.8 Å². The van der Waals surface area contributed by atoms with E-state index in [1.54, 1.807) is 6.92 Å². The van der Waals surface area contributed by atoms with Crippen molar-refractivity contribution in [3.8, 4) is 0 Å². The van der Waals surface area contributed by atoms with E-state index >= 15 is 0 Å². The predicted octanol–water partition coefficient (Wildman–Crippen LogP) is 1.02. The van der Waals surface area contributed by atoms with Crippen LogP contribution in [0.5, 0.6) is 0 Å². The fourth-order valence-electron chi connectivity index (χ4n) is 2.27. The molecule has 1 aliphatic rings. The highest BCUT2D eigenvalue weighted by Crippen LogP contribution is 2.11. The van der Waals surface area contributed by atoms with Crippen molar-refractivity contribution < 1.29 is 9.59 Å². The molecule has 3 N–H and O–H groups in total. The Bertz CT molecular complexity index is 312. The molecule has 0 radical (unpaired) electrons. The second kappa shape index (κ2) is 7.48. The fourth-order valence-corrected chi connectivity index (χ4v) is 2.27. The zero-order valence-corrected chi connectivity index (χ0v) is 12.2. The van der Waals surface area contributed by atoms with E-state index in [1.165, 1.54) is 19.3 Å². The number of nitrogens with one attached hydrogen (secondary N) is 1. The lowest BCUT2D eigenvalue weighted by atomic mass is 9.98. The second-order valence-corrected chi connectivity index (χ2v) is 5.55. The molecular weight excluding hydrogens is 242 g/mol. The van der Waals surface area contributed by atoms with Crippen LogP contribution in [0.3, 0.4) is 0 Å². The molecule has 110 valence electrons. The molecule has 1 heterocycles. The van der Waals surface area contributed by atoms with Crippen LogP contribution in [0.15, 0.2) is 0 Å². The van der Waals surface area contributed by atoms with Crippen molar-refractivity contribution in [1.82, 2.24) is 10.2 Å². The summed E-state index contributed by atoms with van der Waals surface area (Å²) in [5.41, 5.74) is 4.57. The summed E-state index contributed by atoms with van der Waals surface area (Å²) in [6.07, 6.45) is 6.40. The summed E-state index contributed by atoms with van der Waals surface area (Å²) in [7, 11) is 0. The Morgan fingerprint density at radius 3 is 2.16 bits per heavy atom. The van der Waals surface area contributed by atoms with Crippen LogP contribution in [0.4, 0.5) is 0 Å². The molecule has 2 amide bonds. The normalized spacial score (nSPS) is 20.2. The van der Waals surface area contributed by atoms with Crippen molar-refractivity contribution in [3.05, 3.63) is 0 Å². The first-order valence-electron chi connectivity index (χ1n) is 7.32. The highest BCUT2D eigenvalue weighted by molar-refractivity contribution is 5.85. The Morgan fingerprint density at radius 1 is 1.16 bits per heavy atom.